The Balaban J connectivity index is 1.89. The van der Waals surface area contributed by atoms with Crippen LogP contribution in [-0.4, -0.2) is 75.3 Å². The second-order valence-corrected chi connectivity index (χ2v) is 8.62. The Kier molecular flexibility index (Phi) is 7.55. The lowest BCUT2D eigenvalue weighted by molar-refractivity contribution is -0.238. The number of piperazine rings is 1. The molecule has 0 unspecified atom stereocenters. The number of carbonyl (C=O) groups excluding carboxylic acids is 3. The van der Waals surface area contributed by atoms with Crippen molar-refractivity contribution < 1.29 is 55.0 Å². The fourth-order valence-electron chi connectivity index (χ4n) is 3.57. The molecule has 0 N–H and O–H groups in total. The molecule has 0 radical (unpaired) electrons. The van der Waals surface area contributed by atoms with Crippen LogP contribution in [0.15, 0.2) is 30.3 Å². The SMILES string of the molecule is COc1ccc(OC)c([N+]2(OC(=O)C(F)(F)F)CCN(C(=O)c3ccc(C(=O)C(F)(F)F)s3)CC2)c1. The van der Waals surface area contributed by atoms with E-state index < -0.39 is 39.5 Å². The molecule has 0 spiro atoms. The van der Waals surface area contributed by atoms with Gasteiger partial charge in [-0.3, -0.25) is 14.4 Å². The Morgan fingerprint density at radius 3 is 2.03 bits per heavy atom. The van der Waals surface area contributed by atoms with Crippen molar-refractivity contribution in [2.45, 2.75) is 12.4 Å². The Morgan fingerprint density at radius 2 is 1.50 bits per heavy atom. The maximum Gasteiger partial charge on any atom is 0.497 e. The van der Waals surface area contributed by atoms with Gasteiger partial charge in [-0.05, 0) is 24.3 Å². The molecular formula is C21H19F6N2O6S+. The van der Waals surface area contributed by atoms with Crippen molar-refractivity contribution in [1.82, 2.24) is 9.55 Å². The number of ether oxygens (including phenoxy) is 2. The molecule has 0 saturated carbocycles. The largest absolute Gasteiger partial charge is 0.497 e. The number of halogens is 6. The third-order valence-electron chi connectivity index (χ3n) is 5.36. The second-order valence-electron chi connectivity index (χ2n) is 7.53. The summed E-state index contributed by atoms with van der Waals surface area (Å²) in [5.74, 6) is -4.94. The Morgan fingerprint density at radius 1 is 0.889 bits per heavy atom. The molecule has 196 valence electrons. The molecule has 1 aliphatic rings. The van der Waals surface area contributed by atoms with Gasteiger partial charge in [-0.2, -0.15) is 26.3 Å². The Hall–Kier alpha value is -3.33. The van der Waals surface area contributed by atoms with Gasteiger partial charge in [0.15, 0.2) is 5.75 Å². The zero-order valence-electron chi connectivity index (χ0n) is 18.7. The summed E-state index contributed by atoms with van der Waals surface area (Å²) in [4.78, 5) is 41.3. The minimum Gasteiger partial charge on any atom is -0.497 e. The molecule has 0 aliphatic carbocycles. The number of thiophene rings is 1. The van der Waals surface area contributed by atoms with Crippen molar-refractivity contribution in [3.8, 4) is 11.5 Å². The van der Waals surface area contributed by atoms with Crippen molar-refractivity contribution in [2.75, 3.05) is 40.4 Å². The van der Waals surface area contributed by atoms with E-state index in [1.807, 2.05) is 0 Å². The fraction of sp³-hybridized carbons (Fsp3) is 0.381. The van der Waals surface area contributed by atoms with Gasteiger partial charge in [0.2, 0.25) is 5.69 Å². The second kappa shape index (κ2) is 9.97. The number of amides is 1. The van der Waals surface area contributed by atoms with Crippen LogP contribution in [0.3, 0.4) is 0 Å². The van der Waals surface area contributed by atoms with Crippen molar-refractivity contribution in [1.29, 1.82) is 0 Å². The molecule has 1 aliphatic heterocycles. The van der Waals surface area contributed by atoms with E-state index in [1.165, 1.54) is 37.3 Å². The zero-order valence-corrected chi connectivity index (χ0v) is 19.6. The van der Waals surface area contributed by atoms with E-state index in [0.29, 0.717) is 11.3 Å². The van der Waals surface area contributed by atoms with Gasteiger partial charge in [0.25, 0.3) is 11.7 Å². The van der Waals surface area contributed by atoms with Crippen molar-refractivity contribution in [3.05, 3.63) is 40.1 Å². The first kappa shape index (κ1) is 27.3. The van der Waals surface area contributed by atoms with Crippen LogP contribution >= 0.6 is 11.3 Å². The van der Waals surface area contributed by atoms with E-state index in [2.05, 4.69) is 0 Å². The number of quaternary nitrogens is 1. The molecule has 36 heavy (non-hydrogen) atoms. The first-order valence-corrected chi connectivity index (χ1v) is 10.9. The minimum atomic E-state index is -5.30. The van der Waals surface area contributed by atoms with E-state index in [-0.39, 0.29) is 48.2 Å². The molecule has 2 heterocycles. The first-order valence-electron chi connectivity index (χ1n) is 10.1. The first-order chi connectivity index (χ1) is 16.7. The highest BCUT2D eigenvalue weighted by Crippen LogP contribution is 2.39. The number of alkyl halides is 6. The highest BCUT2D eigenvalue weighted by Gasteiger charge is 2.51. The number of benzene rings is 1. The molecule has 1 aromatic carbocycles. The number of hydrogen-bond acceptors (Lipinski definition) is 7. The third kappa shape index (κ3) is 5.56. The van der Waals surface area contributed by atoms with Crippen molar-refractivity contribution >= 4 is 34.7 Å². The Labute approximate surface area is 204 Å². The number of hydroxylamine groups is 2. The molecule has 15 heteroatoms. The summed E-state index contributed by atoms with van der Waals surface area (Å²) in [6.07, 6.45) is -10.4. The topological polar surface area (TPSA) is 82.1 Å². The summed E-state index contributed by atoms with van der Waals surface area (Å²) in [5.41, 5.74) is 0.0377. The summed E-state index contributed by atoms with van der Waals surface area (Å²) in [6.45, 7) is -1.14. The van der Waals surface area contributed by atoms with Crippen LogP contribution in [0, 0.1) is 0 Å². The monoisotopic (exact) mass is 541 g/mol. The van der Waals surface area contributed by atoms with Gasteiger partial charge in [0.05, 0.1) is 37.1 Å². The number of nitrogens with zero attached hydrogens (tertiary/aromatic N) is 2. The third-order valence-corrected chi connectivity index (χ3v) is 6.43. The van der Waals surface area contributed by atoms with Crippen LogP contribution in [0.4, 0.5) is 32.0 Å². The molecule has 3 rings (SSSR count). The molecule has 0 atom stereocenters. The van der Waals surface area contributed by atoms with Gasteiger partial charge in [0, 0.05) is 6.07 Å². The predicted octanol–water partition coefficient (Wildman–Crippen LogP) is 3.99. The van der Waals surface area contributed by atoms with Crippen LogP contribution in [0.1, 0.15) is 19.3 Å². The smallest absolute Gasteiger partial charge is 0.497 e. The number of carbonyl (C=O) groups is 3. The minimum absolute atomic E-state index is 0.0377. The number of rotatable bonds is 6. The van der Waals surface area contributed by atoms with Gasteiger partial charge in [-0.1, -0.05) is 4.65 Å². The summed E-state index contributed by atoms with van der Waals surface area (Å²) >= 11 is 0.354. The lowest BCUT2D eigenvalue weighted by atomic mass is 10.2. The Bertz CT molecular complexity index is 1150. The number of hydrogen-bond donors (Lipinski definition) is 0. The van der Waals surface area contributed by atoms with Crippen LogP contribution in [0.2, 0.25) is 0 Å². The van der Waals surface area contributed by atoms with E-state index in [0.717, 1.165) is 12.1 Å². The molecule has 8 nitrogen and oxygen atoms in total. The van der Waals surface area contributed by atoms with Crippen LogP contribution in [0.25, 0.3) is 0 Å². The van der Waals surface area contributed by atoms with E-state index in [4.69, 9.17) is 14.3 Å². The normalized spacial score (nSPS) is 15.8. The average Bonchev–Trinajstić information content (AvgIpc) is 3.32. The maximum absolute atomic E-state index is 13.1. The van der Waals surface area contributed by atoms with E-state index >= 15 is 0 Å². The standard InChI is InChI=1S/C21H19F6N2O6S/c1-33-12-3-4-14(34-2)13(11-12)29(35-19(32)21(25,26)27)9-7-28(8-10-29)18(31)16-6-5-15(36-16)17(30)20(22,23)24/h3-6,11H,7-10H2,1-2H3/q+1. The molecule has 2 aromatic rings. The lowest BCUT2D eigenvalue weighted by Crippen LogP contribution is -2.63. The molecule has 1 fully saturated rings. The van der Waals surface area contributed by atoms with Gasteiger partial charge < -0.3 is 14.4 Å². The zero-order chi connectivity index (χ0) is 26.9. The van der Waals surface area contributed by atoms with Crippen LogP contribution < -0.4 is 14.1 Å². The van der Waals surface area contributed by atoms with E-state index in [1.54, 1.807) is 0 Å². The predicted molar refractivity (Wildman–Crippen MR) is 114 cm³/mol. The highest BCUT2D eigenvalue weighted by molar-refractivity contribution is 7.16. The molecule has 1 saturated heterocycles. The highest BCUT2D eigenvalue weighted by atomic mass is 32.1. The number of ketones is 1. The van der Waals surface area contributed by atoms with Crippen LogP contribution in [0.5, 0.6) is 11.5 Å². The summed E-state index contributed by atoms with van der Waals surface area (Å²) in [5, 5.41) is 0. The van der Waals surface area contributed by atoms with Crippen molar-refractivity contribution in [3.63, 3.8) is 0 Å². The number of Topliss-reactive ketones (excluding diaryl/α,β-unsaturated/α-hetero) is 1. The van der Waals surface area contributed by atoms with Gasteiger partial charge >= 0.3 is 18.3 Å². The summed E-state index contributed by atoms with van der Waals surface area (Å²) in [7, 11) is 2.59. The molecule has 1 amide bonds. The number of methoxy groups -OCH3 is 2. The van der Waals surface area contributed by atoms with Crippen molar-refractivity contribution in [2.24, 2.45) is 0 Å². The van der Waals surface area contributed by atoms with Gasteiger partial charge in [0.1, 0.15) is 18.8 Å². The fourth-order valence-corrected chi connectivity index (χ4v) is 4.50. The van der Waals surface area contributed by atoms with Crippen LogP contribution in [-0.2, 0) is 9.63 Å². The summed E-state index contributed by atoms with van der Waals surface area (Å²) < 4.78 is 86.6. The molecule has 0 bridgehead atoms. The molecular weight excluding hydrogens is 522 g/mol. The molecule has 1 aromatic heterocycles. The lowest BCUT2D eigenvalue weighted by Gasteiger charge is -2.41. The van der Waals surface area contributed by atoms with Gasteiger partial charge in [-0.15, -0.1) is 11.3 Å². The quantitative estimate of drug-likeness (QED) is 0.313. The van der Waals surface area contributed by atoms with Gasteiger partial charge in [-0.25, -0.2) is 4.79 Å². The summed E-state index contributed by atoms with van der Waals surface area (Å²) in [6, 6.07) is 6.19. The van der Waals surface area contributed by atoms with E-state index in [9.17, 15) is 40.7 Å². The maximum atomic E-state index is 13.1. The average molecular weight is 541 g/mol.